The molecule has 30 heavy (non-hydrogen) atoms. The molecular weight excluding hydrogens is 402 g/mol. The molecule has 2 N–H and O–H groups in total. The number of hydrogen-bond acceptors (Lipinski definition) is 5. The normalized spacial score (nSPS) is 17.0. The lowest BCUT2D eigenvalue weighted by Gasteiger charge is -2.36. The summed E-state index contributed by atoms with van der Waals surface area (Å²) in [4.78, 5) is 26.9. The average molecular weight is 436 g/mol. The van der Waals surface area contributed by atoms with Crippen LogP contribution in [-0.2, 0) is 14.9 Å². The third-order valence-corrected chi connectivity index (χ3v) is 5.99. The summed E-state index contributed by atoms with van der Waals surface area (Å²) in [6, 6.07) is 3.77. The first-order valence-electron chi connectivity index (χ1n) is 9.95. The van der Waals surface area contributed by atoms with Gasteiger partial charge in [-0.1, -0.05) is 32.5 Å². The standard InChI is InChI=1S/C23H33NO5S/c1-13-10-17(30-18-16(25)12-23(8,9)29-19(18)26)14(21(2,3)4)11-15(13)24(20(27)28)22(5,6)7/h10-11,25H,12H2,1-9H3,(H,27,28). The van der Waals surface area contributed by atoms with Gasteiger partial charge in [0.15, 0.2) is 0 Å². The fourth-order valence-electron chi connectivity index (χ4n) is 3.48. The lowest BCUT2D eigenvalue weighted by Crippen LogP contribution is -2.45. The van der Waals surface area contributed by atoms with Crippen molar-refractivity contribution in [2.75, 3.05) is 4.90 Å². The van der Waals surface area contributed by atoms with Gasteiger partial charge in [-0.25, -0.2) is 9.59 Å². The second-order valence-electron chi connectivity index (χ2n) is 10.4. The number of carbonyl (C=O) groups is 2. The summed E-state index contributed by atoms with van der Waals surface area (Å²) in [5.74, 6) is -0.526. The maximum Gasteiger partial charge on any atom is 0.412 e. The van der Waals surface area contributed by atoms with E-state index in [1.54, 1.807) is 13.8 Å². The Morgan fingerprint density at radius 3 is 2.17 bits per heavy atom. The van der Waals surface area contributed by atoms with Crippen LogP contribution in [0.25, 0.3) is 0 Å². The van der Waals surface area contributed by atoms with E-state index in [0.29, 0.717) is 5.69 Å². The number of carboxylic acid groups (broad SMARTS) is 1. The average Bonchev–Trinajstić information content (AvgIpc) is 2.49. The summed E-state index contributed by atoms with van der Waals surface area (Å²) >= 11 is 1.17. The smallest absolute Gasteiger partial charge is 0.412 e. The van der Waals surface area contributed by atoms with Gasteiger partial charge in [-0.15, -0.1) is 0 Å². The lowest BCUT2D eigenvalue weighted by molar-refractivity contribution is -0.153. The number of carbonyl (C=O) groups excluding carboxylic acids is 1. The Morgan fingerprint density at radius 1 is 1.17 bits per heavy atom. The van der Waals surface area contributed by atoms with Crippen molar-refractivity contribution in [1.82, 2.24) is 0 Å². The highest BCUT2D eigenvalue weighted by Crippen LogP contribution is 2.44. The van der Waals surface area contributed by atoms with E-state index < -0.39 is 23.2 Å². The van der Waals surface area contributed by atoms with Crippen LogP contribution in [0.5, 0.6) is 0 Å². The van der Waals surface area contributed by atoms with Crippen LogP contribution in [0, 0.1) is 6.92 Å². The molecule has 0 bridgehead atoms. The van der Waals surface area contributed by atoms with Crippen LogP contribution in [0.3, 0.4) is 0 Å². The monoisotopic (exact) mass is 435 g/mol. The maximum atomic E-state index is 12.5. The number of anilines is 1. The predicted molar refractivity (Wildman–Crippen MR) is 120 cm³/mol. The molecule has 0 spiro atoms. The van der Waals surface area contributed by atoms with E-state index in [9.17, 15) is 19.8 Å². The van der Waals surface area contributed by atoms with Crippen LogP contribution in [0.2, 0.25) is 0 Å². The van der Waals surface area contributed by atoms with E-state index in [2.05, 4.69) is 0 Å². The first-order valence-corrected chi connectivity index (χ1v) is 10.8. The molecule has 2 rings (SSSR count). The summed E-state index contributed by atoms with van der Waals surface area (Å²) in [5.41, 5.74) is 0.580. The second kappa shape index (κ2) is 7.84. The van der Waals surface area contributed by atoms with E-state index in [1.165, 1.54) is 16.7 Å². The molecule has 1 aliphatic heterocycles. The SMILES string of the molecule is Cc1cc(SC2=C(O)CC(C)(C)OC2=O)c(C(C)(C)C)cc1N(C(=O)O)C(C)(C)C. The van der Waals surface area contributed by atoms with Crippen LogP contribution < -0.4 is 4.90 Å². The number of nitrogens with zero attached hydrogens (tertiary/aromatic N) is 1. The van der Waals surface area contributed by atoms with Gasteiger partial charge in [0, 0.05) is 16.9 Å². The molecule has 0 saturated heterocycles. The molecule has 0 atom stereocenters. The van der Waals surface area contributed by atoms with Crippen LogP contribution in [0.4, 0.5) is 10.5 Å². The molecule has 0 unspecified atom stereocenters. The van der Waals surface area contributed by atoms with E-state index in [-0.39, 0.29) is 22.5 Å². The van der Waals surface area contributed by atoms with Crippen molar-refractivity contribution >= 4 is 29.5 Å². The minimum absolute atomic E-state index is 0.0182. The molecule has 1 heterocycles. The van der Waals surface area contributed by atoms with Gasteiger partial charge < -0.3 is 14.9 Å². The second-order valence-corrected chi connectivity index (χ2v) is 11.4. The molecule has 0 saturated carbocycles. The number of aliphatic hydroxyl groups is 1. The zero-order valence-electron chi connectivity index (χ0n) is 19.3. The molecule has 0 aliphatic carbocycles. The summed E-state index contributed by atoms with van der Waals surface area (Å²) in [7, 11) is 0. The van der Waals surface area contributed by atoms with E-state index in [0.717, 1.165) is 16.0 Å². The molecule has 0 aromatic heterocycles. The first kappa shape index (κ1) is 24.1. The lowest BCUT2D eigenvalue weighted by atomic mass is 9.85. The predicted octanol–water partition coefficient (Wildman–Crippen LogP) is 6.16. The van der Waals surface area contributed by atoms with Crippen molar-refractivity contribution in [2.24, 2.45) is 0 Å². The number of amides is 1. The van der Waals surface area contributed by atoms with Gasteiger partial charge in [-0.05, 0) is 70.2 Å². The van der Waals surface area contributed by atoms with Crippen LogP contribution >= 0.6 is 11.8 Å². The minimum atomic E-state index is -1.02. The van der Waals surface area contributed by atoms with Gasteiger partial charge in [0.2, 0.25) is 0 Å². The molecule has 1 aromatic rings. The Bertz CT molecular complexity index is 903. The largest absolute Gasteiger partial charge is 0.511 e. The highest BCUT2D eigenvalue weighted by molar-refractivity contribution is 8.04. The first-order chi connectivity index (χ1) is 13.4. The van der Waals surface area contributed by atoms with Gasteiger partial charge in [0.1, 0.15) is 16.3 Å². The summed E-state index contributed by atoms with van der Waals surface area (Å²) in [6.45, 7) is 17.0. The number of aliphatic hydroxyl groups excluding tert-OH is 1. The van der Waals surface area contributed by atoms with Crippen molar-refractivity contribution in [3.63, 3.8) is 0 Å². The zero-order chi connectivity index (χ0) is 23.2. The summed E-state index contributed by atoms with van der Waals surface area (Å²) in [6.07, 6.45) is -0.774. The zero-order valence-corrected chi connectivity index (χ0v) is 20.2. The quantitative estimate of drug-likeness (QED) is 0.553. The number of aryl methyl sites for hydroxylation is 1. The number of rotatable bonds is 3. The van der Waals surface area contributed by atoms with Crippen LogP contribution in [0.1, 0.15) is 72.9 Å². The van der Waals surface area contributed by atoms with Gasteiger partial charge in [0.25, 0.3) is 0 Å². The molecule has 166 valence electrons. The van der Waals surface area contributed by atoms with Gasteiger partial charge in [0.05, 0.1) is 5.69 Å². The highest BCUT2D eigenvalue weighted by Gasteiger charge is 2.36. The number of thioether (sulfide) groups is 1. The topological polar surface area (TPSA) is 87.1 Å². The Morgan fingerprint density at radius 2 is 1.73 bits per heavy atom. The molecule has 0 radical (unpaired) electrons. The van der Waals surface area contributed by atoms with Crippen molar-refractivity contribution < 1.29 is 24.5 Å². The number of ether oxygens (including phenoxy) is 1. The highest BCUT2D eigenvalue weighted by atomic mass is 32.2. The van der Waals surface area contributed by atoms with Crippen molar-refractivity contribution in [3.05, 3.63) is 33.9 Å². The Balaban J connectivity index is 2.64. The summed E-state index contributed by atoms with van der Waals surface area (Å²) in [5, 5.41) is 20.3. The molecule has 0 fully saturated rings. The number of esters is 1. The molecule has 1 aliphatic rings. The molecule has 7 heteroatoms. The number of hydrogen-bond donors (Lipinski definition) is 2. The van der Waals surface area contributed by atoms with E-state index in [4.69, 9.17) is 4.74 Å². The fraction of sp³-hybridized carbons (Fsp3) is 0.565. The van der Waals surface area contributed by atoms with Crippen molar-refractivity contribution in [2.45, 2.75) is 90.2 Å². The molecule has 1 amide bonds. The molecule has 1 aromatic carbocycles. The Kier molecular flexibility index (Phi) is 6.30. The van der Waals surface area contributed by atoms with E-state index in [1.807, 2.05) is 60.6 Å². The van der Waals surface area contributed by atoms with Crippen LogP contribution in [-0.4, -0.2) is 33.4 Å². The van der Waals surface area contributed by atoms with Gasteiger partial charge in [-0.3, -0.25) is 4.90 Å². The van der Waals surface area contributed by atoms with Gasteiger partial charge >= 0.3 is 12.1 Å². The Labute approximate surface area is 183 Å². The Hall–Kier alpha value is -2.15. The third-order valence-electron chi connectivity index (χ3n) is 4.83. The third kappa shape index (κ3) is 5.12. The van der Waals surface area contributed by atoms with Gasteiger partial charge in [-0.2, -0.15) is 0 Å². The van der Waals surface area contributed by atoms with Crippen LogP contribution in [0.15, 0.2) is 27.7 Å². The number of benzene rings is 1. The summed E-state index contributed by atoms with van der Waals surface area (Å²) < 4.78 is 5.46. The molecular formula is C23H33NO5S. The van der Waals surface area contributed by atoms with Crippen molar-refractivity contribution in [3.8, 4) is 0 Å². The molecule has 6 nitrogen and oxygen atoms in total. The number of cyclic esters (lactones) is 1. The fourth-order valence-corrected chi connectivity index (χ4v) is 4.72. The maximum absolute atomic E-state index is 12.5. The van der Waals surface area contributed by atoms with E-state index >= 15 is 0 Å². The minimum Gasteiger partial charge on any atom is -0.511 e. The van der Waals surface area contributed by atoms with Crippen molar-refractivity contribution in [1.29, 1.82) is 0 Å².